The normalized spacial score (nSPS) is 13.5. The summed E-state index contributed by atoms with van der Waals surface area (Å²) >= 11 is 0. The number of methoxy groups -OCH3 is 1. The maximum absolute atomic E-state index is 12.9. The van der Waals surface area contributed by atoms with Crippen LogP contribution in [0, 0.1) is 0 Å². The fourth-order valence-corrected chi connectivity index (χ4v) is 3.79. The number of benzene rings is 2. The molecule has 1 N–H and O–H groups in total. The van der Waals surface area contributed by atoms with Crippen LogP contribution in [0.1, 0.15) is 18.5 Å². The van der Waals surface area contributed by atoms with Gasteiger partial charge in [0, 0.05) is 5.56 Å². The molecule has 0 aliphatic carbocycles. The summed E-state index contributed by atoms with van der Waals surface area (Å²) < 4.78 is 18.9. The molecule has 1 aliphatic rings. The second-order valence-corrected chi connectivity index (χ2v) is 7.87. The molecule has 10 nitrogen and oxygen atoms in total. The Bertz CT molecular complexity index is 1410. The predicted octanol–water partition coefficient (Wildman–Crippen LogP) is 2.22. The van der Waals surface area contributed by atoms with Crippen molar-refractivity contribution >= 4 is 11.4 Å². The van der Waals surface area contributed by atoms with Crippen molar-refractivity contribution in [2.45, 2.75) is 19.5 Å². The lowest BCUT2D eigenvalue weighted by Gasteiger charge is -2.21. The Kier molecular flexibility index (Phi) is 5.62. The molecule has 5 rings (SSSR count). The Hall–Kier alpha value is -4.34. The lowest BCUT2D eigenvalue weighted by Crippen LogP contribution is -2.35. The van der Waals surface area contributed by atoms with Gasteiger partial charge in [0.15, 0.2) is 11.5 Å². The molecule has 0 bridgehead atoms. The molecule has 10 heteroatoms. The molecule has 4 aromatic rings. The highest BCUT2D eigenvalue weighted by molar-refractivity contribution is 5.76. The number of carbonyl (C=O) groups is 1. The first kappa shape index (κ1) is 21.5. The number of amides is 1. The average molecular weight is 461 g/mol. The third kappa shape index (κ3) is 4.17. The average Bonchev–Trinajstić information content (AvgIpc) is 3.31. The lowest BCUT2D eigenvalue weighted by molar-refractivity contribution is -0.122. The van der Waals surface area contributed by atoms with Crippen LogP contribution in [0.4, 0.5) is 0 Å². The molecule has 2 aromatic carbocycles. The summed E-state index contributed by atoms with van der Waals surface area (Å²) in [5.74, 6) is 1.73. The summed E-state index contributed by atoms with van der Waals surface area (Å²) in [5, 5.41) is 11.4. The number of fused-ring (bicyclic) bond motifs is 2. The van der Waals surface area contributed by atoms with E-state index in [9.17, 15) is 9.59 Å². The molecule has 174 valence electrons. The van der Waals surface area contributed by atoms with E-state index in [1.165, 1.54) is 10.8 Å². The minimum atomic E-state index is -0.406. The van der Waals surface area contributed by atoms with Gasteiger partial charge in [-0.1, -0.05) is 6.07 Å². The highest BCUT2D eigenvalue weighted by Gasteiger charge is 2.17. The SMILES string of the molecule is COc1ccc(-c2cc3c(=O)n(CC(=O)NC(C)c4ccc5c(c4)OCCO5)ncn3n2)cc1. The Labute approximate surface area is 194 Å². The number of rotatable bonds is 6. The number of aromatic nitrogens is 4. The monoisotopic (exact) mass is 461 g/mol. The molecule has 2 aromatic heterocycles. The fraction of sp³-hybridized carbons (Fsp3) is 0.250. The van der Waals surface area contributed by atoms with Crippen molar-refractivity contribution in [3.05, 3.63) is 70.8 Å². The van der Waals surface area contributed by atoms with E-state index in [-0.39, 0.29) is 18.5 Å². The van der Waals surface area contributed by atoms with Gasteiger partial charge in [0.2, 0.25) is 5.91 Å². The zero-order valence-corrected chi connectivity index (χ0v) is 18.7. The number of ether oxygens (including phenoxy) is 3. The zero-order chi connectivity index (χ0) is 23.7. The number of nitrogens with one attached hydrogen (secondary N) is 1. The molecular formula is C24H23N5O5. The molecule has 1 atom stereocenters. The fourth-order valence-electron chi connectivity index (χ4n) is 3.79. The second-order valence-electron chi connectivity index (χ2n) is 7.87. The lowest BCUT2D eigenvalue weighted by atomic mass is 10.1. The first-order chi connectivity index (χ1) is 16.5. The second kappa shape index (κ2) is 8.89. The summed E-state index contributed by atoms with van der Waals surface area (Å²) in [6.45, 7) is 2.65. The van der Waals surface area contributed by atoms with Crippen molar-refractivity contribution in [3.8, 4) is 28.5 Å². The van der Waals surface area contributed by atoms with Crippen molar-refractivity contribution in [2.24, 2.45) is 0 Å². The highest BCUT2D eigenvalue weighted by Crippen LogP contribution is 2.32. The van der Waals surface area contributed by atoms with Crippen LogP contribution < -0.4 is 25.1 Å². The first-order valence-corrected chi connectivity index (χ1v) is 10.8. The third-order valence-electron chi connectivity index (χ3n) is 5.61. The predicted molar refractivity (Wildman–Crippen MR) is 123 cm³/mol. The van der Waals surface area contributed by atoms with Crippen LogP contribution in [0.25, 0.3) is 16.8 Å². The molecule has 0 radical (unpaired) electrons. The largest absolute Gasteiger partial charge is 0.497 e. The van der Waals surface area contributed by atoms with E-state index in [2.05, 4.69) is 15.5 Å². The van der Waals surface area contributed by atoms with E-state index < -0.39 is 5.56 Å². The minimum absolute atomic E-state index is 0.215. The van der Waals surface area contributed by atoms with Crippen LogP contribution >= 0.6 is 0 Å². The zero-order valence-electron chi connectivity index (χ0n) is 18.7. The summed E-state index contributed by atoms with van der Waals surface area (Å²) in [5.41, 5.74) is 2.25. The van der Waals surface area contributed by atoms with Gasteiger partial charge in [0.05, 0.1) is 18.8 Å². The summed E-state index contributed by atoms with van der Waals surface area (Å²) in [6, 6.07) is 14.3. The van der Waals surface area contributed by atoms with Crippen LogP contribution in [0.2, 0.25) is 0 Å². The van der Waals surface area contributed by atoms with Gasteiger partial charge >= 0.3 is 0 Å². The summed E-state index contributed by atoms with van der Waals surface area (Å²) in [4.78, 5) is 25.6. The number of hydrogen-bond acceptors (Lipinski definition) is 7. The van der Waals surface area contributed by atoms with Crippen molar-refractivity contribution in [1.82, 2.24) is 24.7 Å². The van der Waals surface area contributed by atoms with E-state index in [1.54, 1.807) is 13.2 Å². The van der Waals surface area contributed by atoms with Gasteiger partial charge in [0.1, 0.15) is 37.4 Å². The van der Waals surface area contributed by atoms with Crippen LogP contribution in [-0.4, -0.2) is 45.6 Å². The maximum atomic E-state index is 12.9. The Morgan fingerprint density at radius 2 is 1.88 bits per heavy atom. The molecule has 0 saturated heterocycles. The summed E-state index contributed by atoms with van der Waals surface area (Å²) in [6.07, 6.45) is 1.42. The van der Waals surface area contributed by atoms with Gasteiger partial charge in [-0.2, -0.15) is 10.2 Å². The van der Waals surface area contributed by atoms with Crippen LogP contribution in [-0.2, 0) is 11.3 Å². The van der Waals surface area contributed by atoms with Gasteiger partial charge in [0.25, 0.3) is 5.56 Å². The minimum Gasteiger partial charge on any atom is -0.497 e. The summed E-state index contributed by atoms with van der Waals surface area (Å²) in [7, 11) is 1.60. The molecule has 0 saturated carbocycles. The van der Waals surface area contributed by atoms with E-state index >= 15 is 0 Å². The smallest absolute Gasteiger partial charge is 0.293 e. The van der Waals surface area contributed by atoms with Crippen LogP contribution in [0.15, 0.2) is 59.7 Å². The molecular weight excluding hydrogens is 438 g/mol. The quantitative estimate of drug-likeness (QED) is 0.469. The molecule has 1 unspecified atom stereocenters. The van der Waals surface area contributed by atoms with Crippen LogP contribution in [0.5, 0.6) is 17.2 Å². The Balaban J connectivity index is 1.31. The Morgan fingerprint density at radius 3 is 2.65 bits per heavy atom. The van der Waals surface area contributed by atoms with Gasteiger partial charge in [-0.15, -0.1) is 0 Å². The molecule has 3 heterocycles. The van der Waals surface area contributed by atoms with Crippen molar-refractivity contribution < 1.29 is 19.0 Å². The van der Waals surface area contributed by atoms with Gasteiger partial charge in [-0.25, -0.2) is 9.20 Å². The van der Waals surface area contributed by atoms with Crippen LogP contribution in [0.3, 0.4) is 0 Å². The van der Waals surface area contributed by atoms with Gasteiger partial charge in [-0.3, -0.25) is 9.59 Å². The number of hydrogen-bond donors (Lipinski definition) is 1. The van der Waals surface area contributed by atoms with E-state index in [0.29, 0.717) is 35.9 Å². The number of carbonyl (C=O) groups excluding carboxylic acids is 1. The first-order valence-electron chi connectivity index (χ1n) is 10.8. The standard InChI is InChI=1S/C24H23N5O5/c1-15(17-5-8-21-22(11-17)34-10-9-33-21)26-23(30)13-28-24(31)20-12-19(27-29(20)14-25-28)16-3-6-18(32-2)7-4-16/h3-8,11-12,14-15H,9-10,13H2,1-2H3,(H,26,30). The third-order valence-corrected chi connectivity index (χ3v) is 5.61. The van der Waals surface area contributed by atoms with Gasteiger partial charge < -0.3 is 19.5 Å². The number of nitrogens with zero attached hydrogens (tertiary/aromatic N) is 4. The molecule has 0 fully saturated rings. The highest BCUT2D eigenvalue weighted by atomic mass is 16.6. The molecule has 1 aliphatic heterocycles. The Morgan fingerprint density at radius 1 is 1.12 bits per heavy atom. The molecule has 0 spiro atoms. The van der Waals surface area contributed by atoms with Crippen molar-refractivity contribution in [2.75, 3.05) is 20.3 Å². The van der Waals surface area contributed by atoms with Crippen molar-refractivity contribution in [3.63, 3.8) is 0 Å². The van der Waals surface area contributed by atoms with E-state index in [1.807, 2.05) is 49.4 Å². The topological polar surface area (TPSA) is 109 Å². The molecule has 1 amide bonds. The van der Waals surface area contributed by atoms with E-state index in [4.69, 9.17) is 14.2 Å². The van der Waals surface area contributed by atoms with E-state index in [0.717, 1.165) is 21.6 Å². The van der Waals surface area contributed by atoms with Crippen molar-refractivity contribution in [1.29, 1.82) is 0 Å². The van der Waals surface area contributed by atoms with Gasteiger partial charge in [-0.05, 0) is 55.0 Å². The molecule has 34 heavy (non-hydrogen) atoms. The maximum Gasteiger partial charge on any atom is 0.293 e.